The van der Waals surface area contributed by atoms with Crippen LogP contribution in [0.2, 0.25) is 0 Å². The molecule has 0 saturated heterocycles. The average molecular weight is 374 g/mol. The van der Waals surface area contributed by atoms with Crippen LogP contribution >= 0.6 is 11.8 Å². The molecule has 25 heavy (non-hydrogen) atoms. The normalized spacial score (nSPS) is 11.5. The number of aromatic nitrogens is 1. The molecule has 2 aromatic carbocycles. The molecule has 0 aliphatic carbocycles. The summed E-state index contributed by atoms with van der Waals surface area (Å²) in [6.45, 7) is 3.51. The Kier molecular flexibility index (Phi) is 4.87. The first kappa shape index (κ1) is 17.6. The number of anilines is 1. The molecule has 0 radical (unpaired) electrons. The predicted octanol–water partition coefficient (Wildman–Crippen LogP) is 4.48. The minimum absolute atomic E-state index is 0.216. The summed E-state index contributed by atoms with van der Waals surface area (Å²) in [6, 6.07) is 12.5. The van der Waals surface area contributed by atoms with Crippen molar-refractivity contribution in [2.45, 2.75) is 23.6 Å². The van der Waals surface area contributed by atoms with Gasteiger partial charge in [-0.2, -0.15) is 0 Å². The lowest BCUT2D eigenvalue weighted by atomic mass is 10.1. The molecule has 0 saturated carbocycles. The number of benzene rings is 2. The topological polar surface area (TPSA) is 72.2 Å². The lowest BCUT2D eigenvalue weighted by molar-refractivity contribution is 0.534. The molecule has 3 rings (SSSR count). The van der Waals surface area contributed by atoms with Crippen molar-refractivity contribution in [2.75, 3.05) is 11.0 Å². The van der Waals surface area contributed by atoms with Gasteiger partial charge >= 0.3 is 0 Å². The maximum absolute atomic E-state index is 12.8. The molecule has 0 atom stereocenters. The second kappa shape index (κ2) is 6.93. The molecule has 0 fully saturated rings. The predicted molar refractivity (Wildman–Crippen MR) is 100 cm³/mol. The van der Waals surface area contributed by atoms with Gasteiger partial charge in [-0.15, -0.1) is 11.8 Å². The van der Waals surface area contributed by atoms with E-state index in [4.69, 9.17) is 4.42 Å². The molecule has 0 amide bonds. The highest BCUT2D eigenvalue weighted by molar-refractivity contribution is 7.98. The van der Waals surface area contributed by atoms with Crippen molar-refractivity contribution in [3.63, 3.8) is 0 Å². The molecule has 1 heterocycles. The lowest BCUT2D eigenvalue weighted by Gasteiger charge is -2.12. The van der Waals surface area contributed by atoms with Crippen molar-refractivity contribution >= 4 is 27.5 Å². The SMILES string of the molecule is CSc1cccc(NS(=O)(=O)c2cc(-c3cnc(C)o3)ccc2C)c1. The summed E-state index contributed by atoms with van der Waals surface area (Å²) in [6.07, 6.45) is 3.53. The quantitative estimate of drug-likeness (QED) is 0.667. The number of hydrogen-bond acceptors (Lipinski definition) is 5. The Hall–Kier alpha value is -2.25. The summed E-state index contributed by atoms with van der Waals surface area (Å²) < 4.78 is 33.8. The number of rotatable bonds is 5. The minimum Gasteiger partial charge on any atom is -0.441 e. The van der Waals surface area contributed by atoms with Gasteiger partial charge in [-0.1, -0.05) is 18.2 Å². The van der Waals surface area contributed by atoms with Gasteiger partial charge in [0.05, 0.1) is 11.1 Å². The van der Waals surface area contributed by atoms with Crippen molar-refractivity contribution in [3.8, 4) is 11.3 Å². The molecule has 0 spiro atoms. The van der Waals surface area contributed by atoms with Crippen LogP contribution in [0.5, 0.6) is 0 Å². The highest BCUT2D eigenvalue weighted by Crippen LogP contribution is 2.28. The van der Waals surface area contributed by atoms with Crippen molar-refractivity contribution in [1.82, 2.24) is 4.98 Å². The van der Waals surface area contributed by atoms with E-state index in [1.165, 1.54) is 0 Å². The van der Waals surface area contributed by atoms with E-state index >= 15 is 0 Å². The molecule has 3 aromatic rings. The molecule has 0 unspecified atom stereocenters. The van der Waals surface area contributed by atoms with Crippen LogP contribution in [-0.2, 0) is 10.0 Å². The van der Waals surface area contributed by atoms with Crippen molar-refractivity contribution in [1.29, 1.82) is 0 Å². The number of aryl methyl sites for hydroxylation is 2. The van der Waals surface area contributed by atoms with E-state index in [0.717, 1.165) is 4.90 Å². The van der Waals surface area contributed by atoms with Crippen LogP contribution in [0.1, 0.15) is 11.5 Å². The molecular weight excluding hydrogens is 356 g/mol. The highest BCUT2D eigenvalue weighted by atomic mass is 32.2. The third-order valence-corrected chi connectivity index (χ3v) is 5.95. The Morgan fingerprint density at radius 2 is 1.92 bits per heavy atom. The minimum atomic E-state index is -3.71. The van der Waals surface area contributed by atoms with Gasteiger partial charge < -0.3 is 4.42 Å². The van der Waals surface area contributed by atoms with Crippen molar-refractivity contribution in [3.05, 3.63) is 60.1 Å². The first-order chi connectivity index (χ1) is 11.9. The first-order valence-corrected chi connectivity index (χ1v) is 10.3. The fraction of sp³-hybridized carbons (Fsp3) is 0.167. The molecular formula is C18H18N2O3S2. The zero-order chi connectivity index (χ0) is 18.0. The summed E-state index contributed by atoms with van der Waals surface area (Å²) in [4.78, 5) is 5.27. The number of nitrogens with zero attached hydrogens (tertiary/aromatic N) is 1. The Morgan fingerprint density at radius 1 is 1.12 bits per heavy atom. The molecule has 1 N–H and O–H groups in total. The van der Waals surface area contributed by atoms with Crippen molar-refractivity contribution < 1.29 is 12.8 Å². The van der Waals surface area contributed by atoms with E-state index in [1.807, 2.05) is 24.5 Å². The highest BCUT2D eigenvalue weighted by Gasteiger charge is 2.19. The van der Waals surface area contributed by atoms with E-state index in [2.05, 4.69) is 9.71 Å². The fourth-order valence-electron chi connectivity index (χ4n) is 2.43. The van der Waals surface area contributed by atoms with E-state index in [-0.39, 0.29) is 4.90 Å². The van der Waals surface area contributed by atoms with E-state index in [1.54, 1.807) is 56.1 Å². The summed E-state index contributed by atoms with van der Waals surface area (Å²) in [7, 11) is -3.71. The van der Waals surface area contributed by atoms with Gasteiger partial charge in [0.25, 0.3) is 10.0 Å². The third kappa shape index (κ3) is 3.88. The summed E-state index contributed by atoms with van der Waals surface area (Å²) in [5.41, 5.74) is 1.87. The van der Waals surface area contributed by atoms with Gasteiger partial charge in [0, 0.05) is 23.1 Å². The largest absolute Gasteiger partial charge is 0.441 e. The summed E-state index contributed by atoms with van der Waals surface area (Å²) in [5, 5.41) is 0. The maximum atomic E-state index is 12.8. The number of oxazole rings is 1. The molecule has 1 aromatic heterocycles. The van der Waals surface area contributed by atoms with Gasteiger partial charge in [0.2, 0.25) is 0 Å². The summed E-state index contributed by atoms with van der Waals surface area (Å²) >= 11 is 1.56. The number of nitrogens with one attached hydrogen (secondary N) is 1. The number of sulfonamides is 1. The Labute approximate surface area is 151 Å². The number of thioether (sulfide) groups is 1. The molecule has 0 bridgehead atoms. The Balaban J connectivity index is 1.98. The van der Waals surface area contributed by atoms with Crippen LogP contribution in [0.4, 0.5) is 5.69 Å². The summed E-state index contributed by atoms with van der Waals surface area (Å²) in [5.74, 6) is 1.07. The lowest BCUT2D eigenvalue weighted by Crippen LogP contribution is -2.14. The molecule has 0 aliphatic heterocycles. The first-order valence-electron chi connectivity index (χ1n) is 7.59. The van der Waals surface area contributed by atoms with Crippen LogP contribution in [0, 0.1) is 13.8 Å². The fourth-order valence-corrected chi connectivity index (χ4v) is 4.22. The molecule has 130 valence electrons. The van der Waals surface area contributed by atoms with Crippen LogP contribution < -0.4 is 4.72 Å². The third-order valence-electron chi connectivity index (χ3n) is 3.71. The number of hydrogen-bond donors (Lipinski definition) is 1. The van der Waals surface area contributed by atoms with Crippen molar-refractivity contribution in [2.24, 2.45) is 0 Å². The van der Waals surface area contributed by atoms with Gasteiger partial charge in [0.1, 0.15) is 0 Å². The van der Waals surface area contributed by atoms with E-state index < -0.39 is 10.0 Å². The maximum Gasteiger partial charge on any atom is 0.262 e. The zero-order valence-electron chi connectivity index (χ0n) is 14.1. The molecule has 5 nitrogen and oxygen atoms in total. The van der Waals surface area contributed by atoms with Gasteiger partial charge in [0.15, 0.2) is 11.7 Å². The Bertz CT molecular complexity index is 1010. The van der Waals surface area contributed by atoms with Crippen LogP contribution in [-0.4, -0.2) is 19.7 Å². The van der Waals surface area contributed by atoms with Gasteiger partial charge in [-0.05, 0) is 43.0 Å². The zero-order valence-corrected chi connectivity index (χ0v) is 15.7. The Morgan fingerprint density at radius 3 is 2.60 bits per heavy atom. The molecule has 7 heteroatoms. The monoisotopic (exact) mass is 374 g/mol. The smallest absolute Gasteiger partial charge is 0.262 e. The van der Waals surface area contributed by atoms with E-state index in [9.17, 15) is 8.42 Å². The van der Waals surface area contributed by atoms with E-state index in [0.29, 0.717) is 28.5 Å². The molecule has 0 aliphatic rings. The second-order valence-electron chi connectivity index (χ2n) is 5.56. The average Bonchev–Trinajstić information content (AvgIpc) is 3.01. The second-order valence-corrected chi connectivity index (χ2v) is 8.09. The van der Waals surface area contributed by atoms with Crippen LogP contribution in [0.25, 0.3) is 11.3 Å². The standard InChI is InChI=1S/C18H18N2O3S2/c1-12-7-8-14(17-11-19-13(2)23-17)9-18(12)25(21,22)20-15-5-4-6-16(10-15)24-3/h4-11,20H,1-3H3. The van der Waals surface area contributed by atoms with Gasteiger partial charge in [-0.25, -0.2) is 13.4 Å². The van der Waals surface area contributed by atoms with Gasteiger partial charge in [-0.3, -0.25) is 4.72 Å². The van der Waals surface area contributed by atoms with Crippen LogP contribution in [0.15, 0.2) is 62.9 Å². The van der Waals surface area contributed by atoms with Crippen LogP contribution in [0.3, 0.4) is 0 Å².